The van der Waals surface area contributed by atoms with Crippen LogP contribution in [0.25, 0.3) is 0 Å². The number of likely N-dealkylation sites (N-methyl/N-ethyl adjacent to an activating group) is 1. The molecule has 7 nitrogen and oxygen atoms in total. The Labute approximate surface area is 172 Å². The van der Waals surface area contributed by atoms with E-state index in [4.69, 9.17) is 18.9 Å². The van der Waals surface area contributed by atoms with Crippen LogP contribution in [0.15, 0.2) is 0 Å². The molecule has 0 aromatic carbocycles. The van der Waals surface area contributed by atoms with Gasteiger partial charge in [-0.15, -0.1) is 0 Å². The topological polar surface area (TPSA) is 85.2 Å². The zero-order valence-electron chi connectivity index (χ0n) is 18.4. The maximum atomic E-state index is 11.0. The molecule has 0 spiro atoms. The van der Waals surface area contributed by atoms with Crippen molar-refractivity contribution in [2.45, 2.75) is 77.2 Å². The summed E-state index contributed by atoms with van der Waals surface area (Å²) in [5, 5.41) is 8.98. The maximum Gasteiger partial charge on any atom is 0.330 e. The van der Waals surface area contributed by atoms with Gasteiger partial charge >= 0.3 is 14.6 Å². The van der Waals surface area contributed by atoms with Crippen molar-refractivity contribution in [3.05, 3.63) is 0 Å². The van der Waals surface area contributed by atoms with E-state index < -0.39 is 20.7 Å². The van der Waals surface area contributed by atoms with Gasteiger partial charge in [0.2, 0.25) is 0 Å². The highest BCUT2D eigenvalue weighted by Crippen LogP contribution is 2.36. The summed E-state index contributed by atoms with van der Waals surface area (Å²) in [6, 6.07) is 0. The first kappa shape index (κ1) is 27.7. The number of rotatable bonds is 20. The van der Waals surface area contributed by atoms with Crippen molar-refractivity contribution >= 4 is 14.6 Å². The van der Waals surface area contributed by atoms with Gasteiger partial charge in [0.05, 0.1) is 34.2 Å². The summed E-state index contributed by atoms with van der Waals surface area (Å²) in [6.45, 7) is 4.84. The molecule has 0 heterocycles. The molecule has 8 heteroatoms. The first-order chi connectivity index (χ1) is 13.2. The smallest absolute Gasteiger partial charge is 0.330 e. The highest BCUT2D eigenvalue weighted by Gasteiger charge is 2.25. The molecule has 0 saturated carbocycles. The summed E-state index contributed by atoms with van der Waals surface area (Å²) in [5.74, 6) is -0.935. The van der Waals surface area contributed by atoms with Gasteiger partial charge in [0.1, 0.15) is 12.6 Å². The number of carboxylic acids is 1. The van der Waals surface area contributed by atoms with Gasteiger partial charge in [0.25, 0.3) is 0 Å². The van der Waals surface area contributed by atoms with Crippen molar-refractivity contribution in [2.75, 3.05) is 47.5 Å². The minimum absolute atomic E-state index is 0.136. The Balaban J connectivity index is 3.61. The molecular weight excluding hydrogens is 381 g/mol. The first-order valence-electron chi connectivity index (χ1n) is 10.6. The summed E-state index contributed by atoms with van der Waals surface area (Å²) in [6.07, 6.45) is 9.66. The molecule has 2 N–H and O–H groups in total. The number of carboxylic acid groups (broad SMARTS) is 1. The monoisotopic (exact) mass is 424 g/mol. The van der Waals surface area contributed by atoms with E-state index in [0.29, 0.717) is 17.6 Å². The van der Waals surface area contributed by atoms with Crippen LogP contribution < -0.4 is 0 Å². The number of aliphatic carboxylic acids is 1. The van der Waals surface area contributed by atoms with Crippen molar-refractivity contribution in [2.24, 2.45) is 0 Å². The predicted octanol–water partition coefficient (Wildman–Crippen LogP) is 4.34. The van der Waals surface area contributed by atoms with Crippen LogP contribution in [0, 0.1) is 0 Å². The lowest BCUT2D eigenvalue weighted by Gasteiger charge is -2.29. The van der Waals surface area contributed by atoms with Crippen LogP contribution in [-0.2, 0) is 18.6 Å². The molecule has 28 heavy (non-hydrogen) atoms. The summed E-state index contributed by atoms with van der Waals surface area (Å²) < 4.78 is 16.8. The lowest BCUT2D eigenvalue weighted by Crippen LogP contribution is -2.42. The number of hydrogen-bond donors (Lipinski definition) is 2. The molecule has 0 amide bonds. The molecule has 0 aliphatic carbocycles. The van der Waals surface area contributed by atoms with Crippen LogP contribution in [0.5, 0.6) is 0 Å². The van der Waals surface area contributed by atoms with Crippen molar-refractivity contribution < 1.29 is 33.1 Å². The standard InChI is InChI=1S/C20H42NO6P/c1-5-14-25-15-12-10-8-6-7-9-11-13-16-26-28(24)27-19(17-20(22)23)18-21(2,3)4/h19,24H,5-18H2,1-4H3/p+1/t19?,28-/m0/s1. The predicted molar refractivity (Wildman–Crippen MR) is 113 cm³/mol. The third-order valence-electron chi connectivity index (χ3n) is 4.13. The number of nitrogens with zero attached hydrogens (tertiary/aromatic N) is 1. The van der Waals surface area contributed by atoms with Gasteiger partial charge < -0.3 is 28.3 Å². The number of ether oxygens (including phenoxy) is 1. The summed E-state index contributed by atoms with van der Waals surface area (Å²) in [5.41, 5.74) is 0. The van der Waals surface area contributed by atoms with E-state index in [9.17, 15) is 9.69 Å². The zero-order chi connectivity index (χ0) is 21.3. The molecule has 0 rings (SSSR count). The number of carbonyl (C=O) groups is 1. The molecule has 2 atom stereocenters. The fourth-order valence-corrected chi connectivity index (χ4v) is 3.60. The molecule has 0 fully saturated rings. The second-order valence-corrected chi connectivity index (χ2v) is 9.25. The molecule has 0 saturated heterocycles. The Morgan fingerprint density at radius 1 is 0.929 bits per heavy atom. The van der Waals surface area contributed by atoms with Crippen LogP contribution in [0.4, 0.5) is 0 Å². The van der Waals surface area contributed by atoms with E-state index in [-0.39, 0.29) is 6.42 Å². The van der Waals surface area contributed by atoms with Gasteiger partial charge in [-0.1, -0.05) is 45.4 Å². The lowest BCUT2D eigenvalue weighted by molar-refractivity contribution is -0.873. The molecule has 0 aromatic rings. The molecule has 0 radical (unpaired) electrons. The lowest BCUT2D eigenvalue weighted by atomic mass is 10.1. The number of quaternary nitrogens is 1. The highest BCUT2D eigenvalue weighted by molar-refractivity contribution is 7.40. The SMILES string of the molecule is CCCOCCCCCCCCCCO[P@](O)OC(CC(=O)O)C[N+](C)(C)C. The second-order valence-electron chi connectivity index (χ2n) is 8.31. The Kier molecular flexibility index (Phi) is 17.4. The van der Waals surface area contributed by atoms with Crippen LogP contribution in [0.1, 0.15) is 71.1 Å². The molecule has 168 valence electrons. The fourth-order valence-electron chi connectivity index (χ4n) is 2.85. The molecule has 0 aliphatic heterocycles. The van der Waals surface area contributed by atoms with Crippen LogP contribution in [0.3, 0.4) is 0 Å². The van der Waals surface area contributed by atoms with Crippen molar-refractivity contribution in [3.63, 3.8) is 0 Å². The van der Waals surface area contributed by atoms with Gasteiger partial charge in [-0.05, 0) is 19.3 Å². The van der Waals surface area contributed by atoms with Crippen LogP contribution >= 0.6 is 8.60 Å². The largest absolute Gasteiger partial charge is 0.481 e. The van der Waals surface area contributed by atoms with Gasteiger partial charge in [-0.3, -0.25) is 4.79 Å². The van der Waals surface area contributed by atoms with E-state index in [1.54, 1.807) is 0 Å². The Bertz CT molecular complexity index is 378. The minimum atomic E-state index is -2.03. The number of hydrogen-bond acceptors (Lipinski definition) is 5. The zero-order valence-corrected chi connectivity index (χ0v) is 19.3. The van der Waals surface area contributed by atoms with E-state index >= 15 is 0 Å². The number of unbranched alkanes of at least 4 members (excludes halogenated alkanes) is 7. The third-order valence-corrected chi connectivity index (χ3v) is 5.01. The Morgan fingerprint density at radius 3 is 1.96 bits per heavy atom. The molecule has 1 unspecified atom stereocenters. The average Bonchev–Trinajstić information content (AvgIpc) is 2.56. The van der Waals surface area contributed by atoms with Crippen molar-refractivity contribution in [1.29, 1.82) is 0 Å². The maximum absolute atomic E-state index is 11.0. The van der Waals surface area contributed by atoms with Crippen molar-refractivity contribution in [1.82, 2.24) is 0 Å². The third kappa shape index (κ3) is 20.4. The van der Waals surface area contributed by atoms with Crippen LogP contribution in [0.2, 0.25) is 0 Å². The minimum Gasteiger partial charge on any atom is -0.481 e. The molecular formula is C20H43NO6P+. The van der Waals surface area contributed by atoms with E-state index in [0.717, 1.165) is 38.9 Å². The normalized spacial score (nSPS) is 14.2. The van der Waals surface area contributed by atoms with Gasteiger partial charge in [-0.25, -0.2) is 0 Å². The molecule has 0 aromatic heterocycles. The van der Waals surface area contributed by atoms with Crippen molar-refractivity contribution in [3.8, 4) is 0 Å². The van der Waals surface area contributed by atoms with E-state index in [1.165, 1.54) is 32.1 Å². The highest BCUT2D eigenvalue weighted by atomic mass is 31.2. The molecule has 0 bridgehead atoms. The van der Waals surface area contributed by atoms with Gasteiger partial charge in [0.15, 0.2) is 0 Å². The van der Waals surface area contributed by atoms with E-state index in [1.807, 2.05) is 21.1 Å². The van der Waals surface area contributed by atoms with Crippen LogP contribution in [-0.4, -0.2) is 74.1 Å². The average molecular weight is 425 g/mol. The summed E-state index contributed by atoms with van der Waals surface area (Å²) in [4.78, 5) is 20.9. The molecule has 0 aliphatic rings. The van der Waals surface area contributed by atoms with E-state index in [2.05, 4.69) is 6.92 Å². The summed E-state index contributed by atoms with van der Waals surface area (Å²) >= 11 is 0. The summed E-state index contributed by atoms with van der Waals surface area (Å²) in [7, 11) is 3.84. The Hall–Kier alpha value is -0.300. The fraction of sp³-hybridized carbons (Fsp3) is 0.950. The first-order valence-corrected chi connectivity index (χ1v) is 11.8. The van der Waals surface area contributed by atoms with Gasteiger partial charge in [-0.2, -0.15) is 0 Å². The Morgan fingerprint density at radius 2 is 1.46 bits per heavy atom. The quantitative estimate of drug-likeness (QED) is 0.172. The second kappa shape index (κ2) is 17.5. The van der Waals surface area contributed by atoms with Gasteiger partial charge in [0, 0.05) is 13.2 Å².